The Morgan fingerprint density at radius 3 is 2.07 bits per heavy atom. The normalized spacial score (nSPS) is 12.4. The van der Waals surface area contributed by atoms with E-state index < -0.39 is 0 Å². The number of nitrogens with zero attached hydrogens (tertiary/aromatic N) is 1. The number of aromatic nitrogens is 1. The molecule has 2 rings (SSSR count). The lowest BCUT2D eigenvalue weighted by Crippen LogP contribution is -1.95. The van der Waals surface area contributed by atoms with Crippen molar-refractivity contribution in [2.24, 2.45) is 0 Å². The summed E-state index contributed by atoms with van der Waals surface area (Å²) >= 11 is 0. The number of benzene rings is 1. The van der Waals surface area contributed by atoms with Gasteiger partial charge < -0.3 is 0 Å². The van der Waals surface area contributed by atoms with E-state index in [1.807, 2.05) is 18.5 Å². The molecular formula is C13H13N. The molecule has 0 saturated carbocycles. The second-order valence-corrected chi connectivity index (χ2v) is 3.41. The van der Waals surface area contributed by atoms with Crippen LogP contribution in [0.4, 0.5) is 0 Å². The summed E-state index contributed by atoms with van der Waals surface area (Å²) in [6, 6.07) is 14.6. The van der Waals surface area contributed by atoms with Crippen molar-refractivity contribution in [2.45, 2.75) is 12.8 Å². The summed E-state index contributed by atoms with van der Waals surface area (Å²) in [5.74, 6) is 0.444. The van der Waals surface area contributed by atoms with Gasteiger partial charge >= 0.3 is 0 Å². The van der Waals surface area contributed by atoms with Gasteiger partial charge in [0.15, 0.2) is 0 Å². The van der Waals surface area contributed by atoms with Crippen LogP contribution in [-0.2, 0) is 0 Å². The molecule has 1 heterocycles. The summed E-state index contributed by atoms with van der Waals surface area (Å²) in [5, 5.41) is 0. The summed E-state index contributed by atoms with van der Waals surface area (Å²) in [5.41, 5.74) is 2.66. The average molecular weight is 183 g/mol. The van der Waals surface area contributed by atoms with Crippen molar-refractivity contribution in [3.63, 3.8) is 0 Å². The zero-order valence-electron chi connectivity index (χ0n) is 8.22. The predicted molar refractivity (Wildman–Crippen MR) is 58.2 cm³/mol. The minimum Gasteiger partial charge on any atom is -0.265 e. The van der Waals surface area contributed by atoms with Crippen LogP contribution in [0, 0.1) is 0 Å². The number of hydrogen-bond donors (Lipinski definition) is 0. The molecule has 0 fully saturated rings. The molecule has 1 atom stereocenters. The lowest BCUT2D eigenvalue weighted by Gasteiger charge is -2.11. The minimum atomic E-state index is 0.444. The molecule has 1 unspecified atom stereocenters. The highest BCUT2D eigenvalue weighted by molar-refractivity contribution is 5.29. The predicted octanol–water partition coefficient (Wildman–Crippen LogP) is 3.23. The van der Waals surface area contributed by atoms with E-state index in [1.165, 1.54) is 11.1 Å². The van der Waals surface area contributed by atoms with Crippen LogP contribution in [0.3, 0.4) is 0 Å². The Bertz CT molecular complexity index is 341. The molecule has 0 radical (unpaired) electrons. The molecule has 0 aliphatic carbocycles. The molecule has 1 aromatic carbocycles. The van der Waals surface area contributed by atoms with E-state index in [9.17, 15) is 0 Å². The fourth-order valence-corrected chi connectivity index (χ4v) is 1.59. The van der Waals surface area contributed by atoms with Gasteiger partial charge in [-0.15, -0.1) is 0 Å². The van der Waals surface area contributed by atoms with Gasteiger partial charge in [-0.3, -0.25) is 4.98 Å². The van der Waals surface area contributed by atoms with Crippen molar-refractivity contribution in [1.82, 2.24) is 4.98 Å². The van der Waals surface area contributed by atoms with Gasteiger partial charge in [-0.1, -0.05) is 37.3 Å². The van der Waals surface area contributed by atoms with Crippen molar-refractivity contribution in [2.75, 3.05) is 0 Å². The zero-order valence-corrected chi connectivity index (χ0v) is 8.22. The van der Waals surface area contributed by atoms with E-state index in [1.54, 1.807) is 0 Å². The topological polar surface area (TPSA) is 12.9 Å². The van der Waals surface area contributed by atoms with Crippen LogP contribution in [0.1, 0.15) is 24.0 Å². The average Bonchev–Trinajstić information content (AvgIpc) is 2.30. The van der Waals surface area contributed by atoms with Crippen molar-refractivity contribution < 1.29 is 0 Å². The number of rotatable bonds is 2. The molecule has 0 spiro atoms. The first-order valence-corrected chi connectivity index (χ1v) is 4.83. The van der Waals surface area contributed by atoms with Gasteiger partial charge in [0, 0.05) is 18.3 Å². The van der Waals surface area contributed by atoms with Crippen molar-refractivity contribution in [1.29, 1.82) is 0 Å². The van der Waals surface area contributed by atoms with Gasteiger partial charge in [-0.05, 0) is 23.3 Å². The van der Waals surface area contributed by atoms with Crippen molar-refractivity contribution in [3.8, 4) is 0 Å². The Morgan fingerprint density at radius 1 is 0.857 bits per heavy atom. The Balaban J connectivity index is 2.30. The molecule has 0 bridgehead atoms. The molecule has 0 amide bonds. The largest absolute Gasteiger partial charge is 0.265 e. The van der Waals surface area contributed by atoms with Crippen LogP contribution in [0.2, 0.25) is 0 Å². The molecule has 0 N–H and O–H groups in total. The van der Waals surface area contributed by atoms with Gasteiger partial charge in [-0.25, -0.2) is 0 Å². The van der Waals surface area contributed by atoms with Crippen LogP contribution in [0.25, 0.3) is 0 Å². The van der Waals surface area contributed by atoms with Gasteiger partial charge in [0.05, 0.1) is 0 Å². The van der Waals surface area contributed by atoms with E-state index in [-0.39, 0.29) is 0 Å². The first-order chi connectivity index (χ1) is 6.88. The highest BCUT2D eigenvalue weighted by atomic mass is 14.6. The lowest BCUT2D eigenvalue weighted by molar-refractivity contribution is 0.917. The summed E-state index contributed by atoms with van der Waals surface area (Å²) in [6.45, 7) is 2.21. The lowest BCUT2D eigenvalue weighted by atomic mass is 9.94. The maximum absolute atomic E-state index is 4.02. The Hall–Kier alpha value is -1.63. The monoisotopic (exact) mass is 183 g/mol. The third kappa shape index (κ3) is 1.82. The maximum atomic E-state index is 4.02. The third-order valence-corrected chi connectivity index (χ3v) is 2.51. The number of pyridine rings is 1. The van der Waals surface area contributed by atoms with Crippen LogP contribution in [0.5, 0.6) is 0 Å². The van der Waals surface area contributed by atoms with Crippen LogP contribution in [0.15, 0.2) is 54.9 Å². The number of hydrogen-bond acceptors (Lipinski definition) is 1. The molecule has 1 heteroatoms. The summed E-state index contributed by atoms with van der Waals surface area (Å²) in [4.78, 5) is 4.02. The third-order valence-electron chi connectivity index (χ3n) is 2.51. The second kappa shape index (κ2) is 4.05. The van der Waals surface area contributed by atoms with Crippen molar-refractivity contribution in [3.05, 3.63) is 66.0 Å². The van der Waals surface area contributed by atoms with Gasteiger partial charge in [0.25, 0.3) is 0 Å². The van der Waals surface area contributed by atoms with E-state index in [0.717, 1.165) is 0 Å². The molecule has 14 heavy (non-hydrogen) atoms. The van der Waals surface area contributed by atoms with Crippen molar-refractivity contribution >= 4 is 0 Å². The van der Waals surface area contributed by atoms with Crippen LogP contribution >= 0.6 is 0 Å². The Labute approximate surface area is 84.4 Å². The molecule has 1 aromatic heterocycles. The first-order valence-electron chi connectivity index (χ1n) is 4.83. The minimum absolute atomic E-state index is 0.444. The quantitative estimate of drug-likeness (QED) is 0.696. The zero-order chi connectivity index (χ0) is 9.80. The van der Waals surface area contributed by atoms with E-state index in [0.29, 0.717) is 5.92 Å². The molecule has 0 aliphatic rings. The molecule has 2 aromatic rings. The summed E-state index contributed by atoms with van der Waals surface area (Å²) < 4.78 is 0. The molecule has 0 saturated heterocycles. The van der Waals surface area contributed by atoms with Gasteiger partial charge in [-0.2, -0.15) is 0 Å². The fourth-order valence-electron chi connectivity index (χ4n) is 1.59. The highest BCUT2D eigenvalue weighted by Gasteiger charge is 2.06. The van der Waals surface area contributed by atoms with Crippen LogP contribution < -0.4 is 0 Å². The maximum Gasteiger partial charge on any atom is 0.0270 e. The summed E-state index contributed by atoms with van der Waals surface area (Å²) in [6.07, 6.45) is 3.68. The molecular weight excluding hydrogens is 170 g/mol. The molecule has 70 valence electrons. The Morgan fingerprint density at radius 2 is 1.43 bits per heavy atom. The smallest absolute Gasteiger partial charge is 0.0270 e. The van der Waals surface area contributed by atoms with E-state index in [2.05, 4.69) is 48.3 Å². The highest BCUT2D eigenvalue weighted by Crippen LogP contribution is 2.22. The van der Waals surface area contributed by atoms with Crippen LogP contribution in [-0.4, -0.2) is 4.98 Å². The Kier molecular flexibility index (Phi) is 2.59. The van der Waals surface area contributed by atoms with Gasteiger partial charge in [0.1, 0.15) is 0 Å². The van der Waals surface area contributed by atoms with Gasteiger partial charge in [0.2, 0.25) is 0 Å². The van der Waals surface area contributed by atoms with E-state index in [4.69, 9.17) is 0 Å². The molecule has 1 nitrogen and oxygen atoms in total. The SMILES string of the molecule is CC(c1ccccc1)c1ccncc1. The fraction of sp³-hybridized carbons (Fsp3) is 0.154. The standard InChI is InChI=1S/C13H13N/c1-11(12-5-3-2-4-6-12)13-7-9-14-10-8-13/h2-11H,1H3. The first kappa shape index (κ1) is 8.95. The summed E-state index contributed by atoms with van der Waals surface area (Å²) in [7, 11) is 0. The molecule has 0 aliphatic heterocycles. The van der Waals surface area contributed by atoms with E-state index >= 15 is 0 Å². The second-order valence-electron chi connectivity index (χ2n) is 3.41.